The minimum Gasteiger partial charge on any atom is -0.454 e. The van der Waals surface area contributed by atoms with Gasteiger partial charge in [0.2, 0.25) is 12.7 Å². The van der Waals surface area contributed by atoms with Crippen molar-refractivity contribution in [2.24, 2.45) is 5.73 Å². The highest BCUT2D eigenvalue weighted by atomic mass is 79.9. The van der Waals surface area contributed by atoms with Crippen molar-refractivity contribution < 1.29 is 14.2 Å². The van der Waals surface area contributed by atoms with Gasteiger partial charge in [-0.2, -0.15) is 5.26 Å². The van der Waals surface area contributed by atoms with Crippen LogP contribution in [0.2, 0.25) is 0 Å². The van der Waals surface area contributed by atoms with Gasteiger partial charge in [-0.25, -0.2) is 0 Å². The van der Waals surface area contributed by atoms with Crippen LogP contribution in [0.25, 0.3) is 0 Å². The van der Waals surface area contributed by atoms with Gasteiger partial charge in [0.05, 0.1) is 11.5 Å². The van der Waals surface area contributed by atoms with Crippen molar-refractivity contribution in [1.29, 1.82) is 5.26 Å². The van der Waals surface area contributed by atoms with E-state index in [1.807, 2.05) is 0 Å². The maximum absolute atomic E-state index is 12.6. The van der Waals surface area contributed by atoms with E-state index in [0.717, 1.165) is 0 Å². The van der Waals surface area contributed by atoms with Crippen LogP contribution in [0.15, 0.2) is 38.9 Å². The molecule has 2 aromatic rings. The summed E-state index contributed by atoms with van der Waals surface area (Å²) in [4.78, 5) is 15.4. The van der Waals surface area contributed by atoms with E-state index >= 15 is 0 Å². The van der Waals surface area contributed by atoms with Crippen molar-refractivity contribution >= 4 is 15.9 Å². The Kier molecular flexibility index (Phi) is 3.47. The molecule has 0 fully saturated rings. The number of nitrogens with zero attached hydrogens (tertiary/aromatic N) is 1. The van der Waals surface area contributed by atoms with Crippen molar-refractivity contribution in [2.45, 2.75) is 12.8 Å². The number of nitrogens with one attached hydrogen (secondary N) is 1. The normalized spacial score (nSPS) is 17.7. The monoisotopic (exact) mass is 401 g/mol. The van der Waals surface area contributed by atoms with E-state index in [2.05, 4.69) is 27.0 Å². The van der Waals surface area contributed by atoms with E-state index in [4.69, 9.17) is 19.9 Å². The number of aromatic nitrogens is 1. The van der Waals surface area contributed by atoms with Crippen LogP contribution in [0.5, 0.6) is 17.2 Å². The van der Waals surface area contributed by atoms with Gasteiger partial charge >= 0.3 is 0 Å². The molecule has 1 unspecified atom stereocenters. The zero-order valence-corrected chi connectivity index (χ0v) is 14.6. The van der Waals surface area contributed by atoms with E-state index < -0.39 is 5.92 Å². The molecule has 2 aliphatic heterocycles. The van der Waals surface area contributed by atoms with Crippen LogP contribution in [-0.4, -0.2) is 11.8 Å². The van der Waals surface area contributed by atoms with E-state index in [0.29, 0.717) is 38.5 Å². The van der Waals surface area contributed by atoms with Crippen molar-refractivity contribution in [3.8, 4) is 23.3 Å². The molecule has 1 aromatic carbocycles. The Morgan fingerprint density at radius 1 is 1.28 bits per heavy atom. The summed E-state index contributed by atoms with van der Waals surface area (Å²) in [5.74, 6) is 0.783. The number of hydrogen-bond acceptors (Lipinski definition) is 6. The van der Waals surface area contributed by atoms with Crippen LogP contribution in [0.1, 0.15) is 22.7 Å². The predicted octanol–water partition coefficient (Wildman–Crippen LogP) is 2.39. The third kappa shape index (κ3) is 2.36. The summed E-state index contributed by atoms with van der Waals surface area (Å²) in [6, 6.07) is 7.25. The van der Waals surface area contributed by atoms with Gasteiger partial charge in [-0.15, -0.1) is 0 Å². The Hall–Kier alpha value is -2.92. The third-order valence-corrected chi connectivity index (χ3v) is 4.84. The summed E-state index contributed by atoms with van der Waals surface area (Å²) in [7, 11) is 0. The van der Waals surface area contributed by atoms with Crippen LogP contribution in [0, 0.1) is 18.3 Å². The number of halogens is 1. The maximum atomic E-state index is 12.6. The minimum absolute atomic E-state index is 0.0189. The van der Waals surface area contributed by atoms with Gasteiger partial charge in [0.25, 0.3) is 5.56 Å². The number of fused-ring (bicyclic) bond motifs is 2. The number of nitrogens with two attached hydrogens (primary N) is 1. The molecule has 0 saturated heterocycles. The molecule has 7 nitrogen and oxygen atoms in total. The molecule has 0 bridgehead atoms. The van der Waals surface area contributed by atoms with Crippen molar-refractivity contribution in [3.05, 3.63) is 61.3 Å². The Bertz CT molecular complexity index is 1040. The lowest BCUT2D eigenvalue weighted by molar-refractivity contribution is 0.174. The molecule has 126 valence electrons. The number of aryl methyl sites for hydroxylation is 1. The first-order chi connectivity index (χ1) is 12.0. The van der Waals surface area contributed by atoms with E-state index in [9.17, 15) is 10.1 Å². The second-order valence-corrected chi connectivity index (χ2v) is 6.57. The van der Waals surface area contributed by atoms with Crippen LogP contribution < -0.4 is 25.5 Å². The average molecular weight is 402 g/mol. The molecule has 3 N–H and O–H groups in total. The number of hydrogen-bond donors (Lipinski definition) is 2. The summed E-state index contributed by atoms with van der Waals surface area (Å²) in [6.45, 7) is 1.87. The molecule has 0 aliphatic carbocycles. The van der Waals surface area contributed by atoms with Gasteiger partial charge in [0.15, 0.2) is 11.5 Å². The Balaban J connectivity index is 2.01. The molecule has 8 heteroatoms. The number of rotatable bonds is 1. The second-order valence-electron chi connectivity index (χ2n) is 5.71. The quantitative estimate of drug-likeness (QED) is 0.758. The Labute approximate surface area is 150 Å². The molecule has 0 spiro atoms. The van der Waals surface area contributed by atoms with Gasteiger partial charge in [-0.05, 0) is 24.6 Å². The first-order valence-electron chi connectivity index (χ1n) is 7.40. The lowest BCUT2D eigenvalue weighted by Gasteiger charge is -2.26. The fraction of sp³-hybridized carbons (Fsp3) is 0.176. The number of benzene rings is 1. The van der Waals surface area contributed by atoms with Gasteiger partial charge < -0.3 is 24.9 Å². The summed E-state index contributed by atoms with van der Waals surface area (Å²) in [5.41, 5.74) is 7.42. The largest absolute Gasteiger partial charge is 0.454 e. The van der Waals surface area contributed by atoms with E-state index in [1.54, 1.807) is 25.1 Å². The molecule has 0 amide bonds. The van der Waals surface area contributed by atoms with Crippen molar-refractivity contribution in [2.75, 3.05) is 6.79 Å². The highest BCUT2D eigenvalue weighted by Gasteiger charge is 2.35. The predicted molar refractivity (Wildman–Crippen MR) is 91.4 cm³/mol. The molecule has 1 atom stereocenters. The maximum Gasteiger partial charge on any atom is 0.256 e. The summed E-state index contributed by atoms with van der Waals surface area (Å²) >= 11 is 3.49. The molecular formula is C17H12BrN3O4. The molecule has 3 heterocycles. The van der Waals surface area contributed by atoms with Crippen LogP contribution >= 0.6 is 15.9 Å². The first-order valence-corrected chi connectivity index (χ1v) is 8.19. The number of nitriles is 1. The van der Waals surface area contributed by atoms with Crippen LogP contribution in [-0.2, 0) is 0 Å². The van der Waals surface area contributed by atoms with E-state index in [-0.39, 0.29) is 23.8 Å². The molecule has 2 aliphatic rings. The number of allylic oxidation sites excluding steroid dienone is 1. The topological polar surface area (TPSA) is 110 Å². The highest BCUT2D eigenvalue weighted by molar-refractivity contribution is 9.10. The molecule has 25 heavy (non-hydrogen) atoms. The highest BCUT2D eigenvalue weighted by Crippen LogP contribution is 2.46. The zero-order valence-electron chi connectivity index (χ0n) is 13.1. The molecule has 4 rings (SSSR count). The molecule has 0 saturated carbocycles. The number of aromatic amines is 1. The van der Waals surface area contributed by atoms with Crippen molar-refractivity contribution in [1.82, 2.24) is 4.98 Å². The second kappa shape index (κ2) is 5.57. The minimum atomic E-state index is -0.679. The lowest BCUT2D eigenvalue weighted by atomic mass is 9.84. The molecule has 0 radical (unpaired) electrons. The Morgan fingerprint density at radius 2 is 2.00 bits per heavy atom. The van der Waals surface area contributed by atoms with Gasteiger partial charge in [-0.3, -0.25) is 4.79 Å². The SMILES string of the molecule is Cc1cc2c(c(=O)[nH]1)C(c1cc3c(cc1Br)OCO3)C(C#N)=C(N)O2. The number of H-pyrrole nitrogens is 1. The third-order valence-electron chi connectivity index (χ3n) is 4.15. The Morgan fingerprint density at radius 3 is 2.72 bits per heavy atom. The lowest BCUT2D eigenvalue weighted by Crippen LogP contribution is -2.28. The zero-order chi connectivity index (χ0) is 17.7. The summed E-state index contributed by atoms with van der Waals surface area (Å²) in [6.07, 6.45) is 0. The fourth-order valence-corrected chi connectivity index (χ4v) is 3.62. The summed E-state index contributed by atoms with van der Waals surface area (Å²) in [5, 5.41) is 9.60. The standard InChI is InChI=1S/C17H12BrN3O4/c1-7-2-13-15(17(22)21-7)14(9(5-19)16(20)25-13)8-3-11-12(4-10(8)18)24-6-23-11/h2-4,14H,6,20H2,1H3,(H,21,22). The van der Waals surface area contributed by atoms with Crippen molar-refractivity contribution in [3.63, 3.8) is 0 Å². The first kappa shape index (κ1) is 15.6. The smallest absolute Gasteiger partial charge is 0.256 e. The number of ether oxygens (including phenoxy) is 3. The average Bonchev–Trinajstić information content (AvgIpc) is 2.99. The van der Waals surface area contributed by atoms with Crippen LogP contribution in [0.3, 0.4) is 0 Å². The van der Waals surface area contributed by atoms with Gasteiger partial charge in [-0.1, -0.05) is 15.9 Å². The van der Waals surface area contributed by atoms with Gasteiger partial charge in [0, 0.05) is 16.2 Å². The number of pyridine rings is 1. The van der Waals surface area contributed by atoms with E-state index in [1.165, 1.54) is 0 Å². The van der Waals surface area contributed by atoms with Gasteiger partial charge in [0.1, 0.15) is 17.4 Å². The molecule has 1 aromatic heterocycles. The molecular weight excluding hydrogens is 390 g/mol. The van der Waals surface area contributed by atoms with Crippen LogP contribution in [0.4, 0.5) is 0 Å². The summed E-state index contributed by atoms with van der Waals surface area (Å²) < 4.78 is 17.0. The fourth-order valence-electron chi connectivity index (χ4n) is 3.07.